The summed E-state index contributed by atoms with van der Waals surface area (Å²) in [5, 5.41) is 17.8. The lowest BCUT2D eigenvalue weighted by molar-refractivity contribution is 0.0645. The van der Waals surface area contributed by atoms with Crippen molar-refractivity contribution in [1.29, 1.82) is 0 Å². The van der Waals surface area contributed by atoms with Crippen molar-refractivity contribution in [2.24, 2.45) is 0 Å². The molecule has 0 spiro atoms. The molecular weight excluding hydrogens is 404 g/mol. The zero-order valence-corrected chi connectivity index (χ0v) is 20.2. The summed E-state index contributed by atoms with van der Waals surface area (Å²) in [6.45, 7) is 8.78. The average Bonchev–Trinajstić information content (AvgIpc) is 3.06. The van der Waals surface area contributed by atoms with Gasteiger partial charge in [-0.25, -0.2) is 0 Å². The largest absolute Gasteiger partial charge is 0.493 e. The zero-order chi connectivity index (χ0) is 22.9. The van der Waals surface area contributed by atoms with Crippen LogP contribution in [0.1, 0.15) is 54.6 Å². The number of hydrogen-bond acceptors (Lipinski definition) is 6. The topological polar surface area (TPSA) is 73.8 Å². The molecule has 3 rings (SSSR count). The van der Waals surface area contributed by atoms with Crippen molar-refractivity contribution in [2.45, 2.75) is 65.1 Å². The van der Waals surface area contributed by atoms with Gasteiger partial charge >= 0.3 is 0 Å². The van der Waals surface area contributed by atoms with Crippen LogP contribution in [0.25, 0.3) is 0 Å². The first-order valence-electron chi connectivity index (χ1n) is 11.9. The normalized spacial score (nSPS) is 16.6. The third-order valence-electron chi connectivity index (χ3n) is 6.24. The van der Waals surface area contributed by atoms with Gasteiger partial charge in [-0.3, -0.25) is 10.00 Å². The van der Waals surface area contributed by atoms with Crippen LogP contribution in [-0.2, 0) is 13.1 Å². The Morgan fingerprint density at radius 3 is 2.47 bits per heavy atom. The third-order valence-corrected chi connectivity index (χ3v) is 6.24. The van der Waals surface area contributed by atoms with Gasteiger partial charge in [-0.15, -0.1) is 0 Å². The fraction of sp³-hybridized carbons (Fsp3) is 0.640. The number of rotatable bonds is 10. The minimum atomic E-state index is -0.508. The van der Waals surface area contributed by atoms with Gasteiger partial charge in [0, 0.05) is 30.9 Å². The molecule has 1 aromatic heterocycles. The fourth-order valence-electron chi connectivity index (χ4n) is 4.41. The molecule has 2 N–H and O–H groups in total. The number of aliphatic hydroxyl groups is 1. The van der Waals surface area contributed by atoms with Gasteiger partial charge in [0.15, 0.2) is 11.5 Å². The second kappa shape index (κ2) is 12.2. The number of aromatic nitrogens is 2. The van der Waals surface area contributed by atoms with Crippen molar-refractivity contribution >= 4 is 0 Å². The maximum Gasteiger partial charge on any atom is 0.161 e. The van der Waals surface area contributed by atoms with E-state index in [4.69, 9.17) is 9.47 Å². The lowest BCUT2D eigenvalue weighted by Gasteiger charge is -2.26. The van der Waals surface area contributed by atoms with Crippen LogP contribution in [0.15, 0.2) is 18.2 Å². The summed E-state index contributed by atoms with van der Waals surface area (Å²) in [5.74, 6) is 1.37. The van der Waals surface area contributed by atoms with Gasteiger partial charge in [-0.1, -0.05) is 25.3 Å². The molecule has 1 aliphatic heterocycles. The Kier molecular flexibility index (Phi) is 9.38. The maximum absolute atomic E-state index is 10.5. The van der Waals surface area contributed by atoms with Crippen LogP contribution in [0.4, 0.5) is 0 Å². The molecule has 7 heteroatoms. The maximum atomic E-state index is 10.5. The molecule has 1 saturated heterocycles. The number of hydrogen-bond donors (Lipinski definition) is 2. The highest BCUT2D eigenvalue weighted by atomic mass is 16.5. The highest BCUT2D eigenvalue weighted by molar-refractivity contribution is 5.43. The van der Waals surface area contributed by atoms with E-state index in [0.717, 1.165) is 43.1 Å². The van der Waals surface area contributed by atoms with Crippen LogP contribution >= 0.6 is 0 Å². The minimum Gasteiger partial charge on any atom is -0.493 e. The number of aryl methyl sites for hydroxylation is 2. The zero-order valence-electron chi connectivity index (χ0n) is 20.2. The van der Waals surface area contributed by atoms with Crippen molar-refractivity contribution in [3.63, 3.8) is 0 Å². The molecule has 178 valence electrons. The Bertz CT molecular complexity index is 811. The molecule has 1 fully saturated rings. The standard InChI is InChI=1S/C25H40N4O3/c1-19-23(20(2)27-26-19)17-28(3)15-21-10-11-24(25(14-21)31-4)32-18-22(30)16-29-12-8-6-5-7-9-13-29/h10-11,14,22,30H,5-9,12-13,15-18H2,1-4H3,(H,26,27). The Morgan fingerprint density at radius 2 is 1.81 bits per heavy atom. The minimum absolute atomic E-state index is 0.269. The van der Waals surface area contributed by atoms with E-state index in [1.807, 2.05) is 19.1 Å². The summed E-state index contributed by atoms with van der Waals surface area (Å²) >= 11 is 0. The van der Waals surface area contributed by atoms with Crippen LogP contribution in [-0.4, -0.2) is 71.6 Å². The van der Waals surface area contributed by atoms with Gasteiger partial charge in [0.25, 0.3) is 0 Å². The number of likely N-dealkylation sites (tertiary alicyclic amines) is 1. The molecule has 1 atom stereocenters. The second-order valence-corrected chi connectivity index (χ2v) is 9.10. The highest BCUT2D eigenvalue weighted by Crippen LogP contribution is 2.29. The van der Waals surface area contributed by atoms with Crippen LogP contribution < -0.4 is 9.47 Å². The number of aliphatic hydroxyl groups excluding tert-OH is 1. The van der Waals surface area contributed by atoms with E-state index in [0.29, 0.717) is 18.0 Å². The summed E-state index contributed by atoms with van der Waals surface area (Å²) in [6.07, 6.45) is 5.86. The van der Waals surface area contributed by atoms with Crippen molar-refractivity contribution < 1.29 is 14.6 Å². The summed E-state index contributed by atoms with van der Waals surface area (Å²) < 4.78 is 11.5. The predicted molar refractivity (Wildman–Crippen MR) is 127 cm³/mol. The molecule has 0 radical (unpaired) electrons. The Morgan fingerprint density at radius 1 is 1.09 bits per heavy atom. The molecular formula is C25H40N4O3. The summed E-state index contributed by atoms with van der Waals surface area (Å²) in [7, 11) is 3.76. The molecule has 0 aliphatic carbocycles. The molecule has 1 aromatic carbocycles. The van der Waals surface area contributed by atoms with E-state index in [-0.39, 0.29) is 6.61 Å². The van der Waals surface area contributed by atoms with Crippen LogP contribution in [0.2, 0.25) is 0 Å². The van der Waals surface area contributed by atoms with E-state index < -0.39 is 6.10 Å². The second-order valence-electron chi connectivity index (χ2n) is 9.10. The van der Waals surface area contributed by atoms with E-state index in [2.05, 4.69) is 40.0 Å². The third kappa shape index (κ3) is 7.22. The molecule has 2 heterocycles. The number of nitrogens with zero attached hydrogens (tertiary/aromatic N) is 3. The van der Waals surface area contributed by atoms with Crippen molar-refractivity contribution in [3.05, 3.63) is 40.7 Å². The number of H-pyrrole nitrogens is 1. The quantitative estimate of drug-likeness (QED) is 0.582. The molecule has 0 bridgehead atoms. The van der Waals surface area contributed by atoms with Gasteiger partial charge < -0.3 is 19.5 Å². The molecule has 32 heavy (non-hydrogen) atoms. The van der Waals surface area contributed by atoms with Crippen molar-refractivity contribution in [1.82, 2.24) is 20.0 Å². The number of ether oxygens (including phenoxy) is 2. The monoisotopic (exact) mass is 444 g/mol. The Hall–Kier alpha value is -2.09. The summed E-state index contributed by atoms with van der Waals surface area (Å²) in [4.78, 5) is 4.63. The Balaban J connectivity index is 1.51. The van der Waals surface area contributed by atoms with Gasteiger partial charge in [-0.05, 0) is 64.5 Å². The first-order valence-corrected chi connectivity index (χ1v) is 11.9. The number of methoxy groups -OCH3 is 1. The number of benzene rings is 1. The predicted octanol–water partition coefficient (Wildman–Crippen LogP) is 3.67. The lowest BCUT2D eigenvalue weighted by Crippen LogP contribution is -2.37. The van der Waals surface area contributed by atoms with Gasteiger partial charge in [-0.2, -0.15) is 5.10 Å². The van der Waals surface area contributed by atoms with Crippen molar-refractivity contribution in [3.8, 4) is 11.5 Å². The van der Waals surface area contributed by atoms with Crippen LogP contribution in [0.3, 0.4) is 0 Å². The molecule has 0 saturated carbocycles. The highest BCUT2D eigenvalue weighted by Gasteiger charge is 2.16. The molecule has 7 nitrogen and oxygen atoms in total. The molecule has 1 unspecified atom stereocenters. The van der Waals surface area contributed by atoms with Crippen molar-refractivity contribution in [2.75, 3.05) is 40.4 Å². The first-order chi connectivity index (χ1) is 15.5. The summed E-state index contributed by atoms with van der Waals surface area (Å²) in [6, 6.07) is 6.03. The number of nitrogens with one attached hydrogen (secondary N) is 1. The van der Waals surface area contributed by atoms with E-state index in [9.17, 15) is 5.11 Å². The first kappa shape index (κ1) is 24.6. The Labute approximate surface area is 192 Å². The smallest absolute Gasteiger partial charge is 0.161 e. The molecule has 2 aromatic rings. The number of aromatic amines is 1. The average molecular weight is 445 g/mol. The van der Waals surface area contributed by atoms with Crippen LogP contribution in [0, 0.1) is 13.8 Å². The number of β-amino-alcohol motifs (C(OH)–C–C–N with tert-alkyl or cyclic N) is 1. The van der Waals surface area contributed by atoms with Crippen LogP contribution in [0.5, 0.6) is 11.5 Å². The molecule has 0 amide bonds. The van der Waals surface area contributed by atoms with E-state index in [1.54, 1.807) is 7.11 Å². The SMILES string of the molecule is COc1cc(CN(C)Cc2c(C)n[nH]c2C)ccc1OCC(O)CN1CCCCCCC1. The van der Waals surface area contributed by atoms with Gasteiger partial charge in [0.1, 0.15) is 12.7 Å². The fourth-order valence-corrected chi connectivity index (χ4v) is 4.41. The lowest BCUT2D eigenvalue weighted by atomic mass is 10.1. The summed E-state index contributed by atoms with van der Waals surface area (Å²) in [5.41, 5.74) is 4.56. The van der Waals surface area contributed by atoms with E-state index in [1.165, 1.54) is 37.7 Å². The van der Waals surface area contributed by atoms with E-state index >= 15 is 0 Å². The molecule has 1 aliphatic rings. The van der Waals surface area contributed by atoms with Gasteiger partial charge in [0.2, 0.25) is 0 Å². The van der Waals surface area contributed by atoms with Gasteiger partial charge in [0.05, 0.1) is 12.8 Å².